The van der Waals surface area contributed by atoms with E-state index in [0.29, 0.717) is 17.2 Å². The Balaban J connectivity index is 1.52. The van der Waals surface area contributed by atoms with Crippen LogP contribution in [0.2, 0.25) is 0 Å². The third kappa shape index (κ3) is 3.95. The Hall–Kier alpha value is -2.47. The average Bonchev–Trinajstić information content (AvgIpc) is 3.19. The molecule has 2 aromatic heterocycles. The van der Waals surface area contributed by atoms with E-state index in [1.165, 1.54) is 35.4 Å². The summed E-state index contributed by atoms with van der Waals surface area (Å²) in [5.74, 6) is -0.116. The summed E-state index contributed by atoms with van der Waals surface area (Å²) in [5.41, 5.74) is 3.93. The van der Waals surface area contributed by atoms with Crippen LogP contribution in [-0.2, 0) is 25.8 Å². The van der Waals surface area contributed by atoms with Gasteiger partial charge in [-0.15, -0.1) is 11.3 Å². The fraction of sp³-hybridized carbons (Fsp3) is 0.381. The molecule has 1 N–H and O–H groups in total. The second-order valence-corrected chi connectivity index (χ2v) is 7.99. The minimum atomic E-state index is -0.116. The van der Waals surface area contributed by atoms with Crippen LogP contribution in [0, 0.1) is 0 Å². The van der Waals surface area contributed by atoms with Crippen LogP contribution >= 0.6 is 11.3 Å². The lowest BCUT2D eigenvalue weighted by atomic mass is 10.2. The average molecular weight is 381 g/mol. The van der Waals surface area contributed by atoms with Crippen molar-refractivity contribution in [3.8, 4) is 0 Å². The van der Waals surface area contributed by atoms with Crippen molar-refractivity contribution < 1.29 is 4.79 Å². The number of nitrogens with one attached hydrogen (secondary N) is 1. The molecule has 0 spiro atoms. The number of fused-ring (bicyclic) bond motifs is 1. The van der Waals surface area contributed by atoms with Crippen molar-refractivity contribution in [1.29, 1.82) is 0 Å². The molecule has 0 aliphatic heterocycles. The first-order valence-electron chi connectivity index (χ1n) is 9.63. The summed E-state index contributed by atoms with van der Waals surface area (Å²) in [6.07, 6.45) is 8.21. The topological polar surface area (TPSA) is 59.8 Å². The number of aromatic nitrogens is 3. The molecule has 6 heteroatoms. The summed E-state index contributed by atoms with van der Waals surface area (Å²) in [6, 6.07) is 10.2. The van der Waals surface area contributed by atoms with Crippen LogP contribution in [0.25, 0.3) is 0 Å². The van der Waals surface area contributed by atoms with E-state index >= 15 is 0 Å². The maximum atomic E-state index is 12.8. The summed E-state index contributed by atoms with van der Waals surface area (Å²) in [6.45, 7) is 2.73. The van der Waals surface area contributed by atoms with Gasteiger partial charge in [0.2, 0.25) is 0 Å². The predicted molar refractivity (Wildman–Crippen MR) is 108 cm³/mol. The number of nitrogens with zero attached hydrogens (tertiary/aromatic N) is 3. The fourth-order valence-electron chi connectivity index (χ4n) is 3.61. The summed E-state index contributed by atoms with van der Waals surface area (Å²) in [4.78, 5) is 18.8. The molecule has 0 atom stereocenters. The smallest absolute Gasteiger partial charge is 0.260 e. The van der Waals surface area contributed by atoms with Crippen molar-refractivity contribution in [2.24, 2.45) is 0 Å². The molecule has 27 heavy (non-hydrogen) atoms. The van der Waals surface area contributed by atoms with E-state index in [1.807, 2.05) is 22.9 Å². The van der Waals surface area contributed by atoms with E-state index in [-0.39, 0.29) is 5.91 Å². The molecule has 140 valence electrons. The third-order valence-corrected chi connectivity index (χ3v) is 6.09. The van der Waals surface area contributed by atoms with Crippen LogP contribution in [0.15, 0.2) is 36.5 Å². The Kier molecular flexibility index (Phi) is 5.34. The first kappa shape index (κ1) is 17.9. The van der Waals surface area contributed by atoms with Gasteiger partial charge in [-0.2, -0.15) is 5.10 Å². The quantitative estimate of drug-likeness (QED) is 0.664. The maximum absolute atomic E-state index is 12.8. The molecule has 2 heterocycles. The number of anilines is 1. The standard InChI is InChI=1S/C21H24N4OS/c1-2-18-16(13-22-25(18)14-15-9-5-3-6-10-15)20(26)24-21-23-17-11-7-4-8-12-19(17)27-21/h3,5-6,9-10,13H,2,4,7-8,11-12,14H2,1H3,(H,23,24,26). The SMILES string of the molecule is CCc1c(C(=O)Nc2nc3c(s2)CCCCC3)cnn1Cc1ccccc1. The highest BCUT2D eigenvalue weighted by Gasteiger charge is 2.20. The minimum Gasteiger partial charge on any atom is -0.298 e. The number of hydrogen-bond acceptors (Lipinski definition) is 4. The molecule has 1 amide bonds. The van der Waals surface area contributed by atoms with Crippen molar-refractivity contribution in [2.45, 2.75) is 52.0 Å². The van der Waals surface area contributed by atoms with Gasteiger partial charge in [-0.1, -0.05) is 43.7 Å². The summed E-state index contributed by atoms with van der Waals surface area (Å²) >= 11 is 1.62. The minimum absolute atomic E-state index is 0.116. The van der Waals surface area contributed by atoms with E-state index in [2.05, 4.69) is 34.5 Å². The highest BCUT2D eigenvalue weighted by Crippen LogP contribution is 2.29. The highest BCUT2D eigenvalue weighted by atomic mass is 32.1. The number of hydrogen-bond donors (Lipinski definition) is 1. The van der Waals surface area contributed by atoms with Gasteiger partial charge in [0, 0.05) is 4.88 Å². The van der Waals surface area contributed by atoms with Gasteiger partial charge < -0.3 is 0 Å². The second kappa shape index (κ2) is 8.05. The first-order chi connectivity index (χ1) is 13.2. The molecule has 0 saturated heterocycles. The van der Waals surface area contributed by atoms with Crippen LogP contribution in [0.5, 0.6) is 0 Å². The Morgan fingerprint density at radius 2 is 2.00 bits per heavy atom. The van der Waals surface area contributed by atoms with Crippen molar-refractivity contribution in [3.05, 3.63) is 63.9 Å². The number of aryl methyl sites for hydroxylation is 2. The van der Waals surface area contributed by atoms with Gasteiger partial charge in [0.25, 0.3) is 5.91 Å². The van der Waals surface area contributed by atoms with Crippen LogP contribution in [0.4, 0.5) is 5.13 Å². The third-order valence-electron chi connectivity index (χ3n) is 5.02. The maximum Gasteiger partial charge on any atom is 0.260 e. The van der Waals surface area contributed by atoms with E-state index < -0.39 is 0 Å². The Morgan fingerprint density at radius 3 is 2.81 bits per heavy atom. The van der Waals surface area contributed by atoms with Gasteiger partial charge in [-0.25, -0.2) is 4.98 Å². The molecule has 3 aromatic rings. The van der Waals surface area contributed by atoms with Gasteiger partial charge >= 0.3 is 0 Å². The van der Waals surface area contributed by atoms with Crippen molar-refractivity contribution in [1.82, 2.24) is 14.8 Å². The van der Waals surface area contributed by atoms with Gasteiger partial charge in [0.15, 0.2) is 5.13 Å². The van der Waals surface area contributed by atoms with E-state index in [9.17, 15) is 4.79 Å². The molecule has 1 aliphatic carbocycles. The largest absolute Gasteiger partial charge is 0.298 e. The molecule has 0 saturated carbocycles. The molecular weight excluding hydrogens is 356 g/mol. The summed E-state index contributed by atoms with van der Waals surface area (Å²) in [7, 11) is 0. The molecular formula is C21H24N4OS. The van der Waals surface area contributed by atoms with Gasteiger partial charge in [-0.05, 0) is 37.7 Å². The van der Waals surface area contributed by atoms with Crippen molar-refractivity contribution in [3.63, 3.8) is 0 Å². The molecule has 0 fully saturated rings. The summed E-state index contributed by atoms with van der Waals surface area (Å²) in [5, 5.41) is 8.18. The summed E-state index contributed by atoms with van der Waals surface area (Å²) < 4.78 is 1.92. The van der Waals surface area contributed by atoms with E-state index in [1.54, 1.807) is 17.5 Å². The number of amides is 1. The molecule has 0 unspecified atom stereocenters. The second-order valence-electron chi connectivity index (χ2n) is 6.91. The zero-order chi connectivity index (χ0) is 18.6. The molecule has 1 aromatic carbocycles. The van der Waals surface area contributed by atoms with Gasteiger partial charge in [0.05, 0.1) is 29.7 Å². The molecule has 0 radical (unpaired) electrons. The Bertz CT molecular complexity index is 906. The Labute approximate surface area is 163 Å². The van der Waals surface area contributed by atoms with Gasteiger partial charge in [0.1, 0.15) is 0 Å². The lowest BCUT2D eigenvalue weighted by molar-refractivity contribution is 0.102. The molecule has 1 aliphatic rings. The first-order valence-corrected chi connectivity index (χ1v) is 10.4. The monoisotopic (exact) mass is 380 g/mol. The number of carbonyl (C=O) groups is 1. The van der Waals surface area contributed by atoms with Gasteiger partial charge in [-0.3, -0.25) is 14.8 Å². The lowest BCUT2D eigenvalue weighted by Crippen LogP contribution is -2.15. The molecule has 0 bridgehead atoms. The molecule has 4 rings (SSSR count). The van der Waals surface area contributed by atoms with Crippen LogP contribution in [-0.4, -0.2) is 20.7 Å². The number of carbonyl (C=O) groups excluding carboxylic acids is 1. The van der Waals surface area contributed by atoms with Crippen LogP contribution < -0.4 is 5.32 Å². The number of rotatable bonds is 5. The van der Waals surface area contributed by atoms with Crippen molar-refractivity contribution in [2.75, 3.05) is 5.32 Å². The predicted octanol–water partition coefficient (Wildman–Crippen LogP) is 4.47. The zero-order valence-corrected chi connectivity index (χ0v) is 16.4. The van der Waals surface area contributed by atoms with E-state index in [0.717, 1.165) is 25.0 Å². The van der Waals surface area contributed by atoms with Crippen LogP contribution in [0.1, 0.15) is 58.4 Å². The fourth-order valence-corrected chi connectivity index (χ4v) is 4.66. The number of benzene rings is 1. The van der Waals surface area contributed by atoms with Crippen molar-refractivity contribution >= 4 is 22.4 Å². The molecule has 5 nitrogen and oxygen atoms in total. The normalized spacial score (nSPS) is 13.8. The van der Waals surface area contributed by atoms with Crippen LogP contribution in [0.3, 0.4) is 0 Å². The Morgan fingerprint density at radius 1 is 1.19 bits per heavy atom. The zero-order valence-electron chi connectivity index (χ0n) is 15.6. The van der Waals surface area contributed by atoms with E-state index in [4.69, 9.17) is 0 Å². The lowest BCUT2D eigenvalue weighted by Gasteiger charge is -2.08. The highest BCUT2D eigenvalue weighted by molar-refractivity contribution is 7.15. The number of thiazole rings is 1.